The number of H-pyrrole nitrogens is 1. The number of fused-ring (bicyclic) bond motifs is 1. The topological polar surface area (TPSA) is 196 Å². The van der Waals surface area contributed by atoms with Crippen LogP contribution in [0.1, 0.15) is 56.0 Å². The van der Waals surface area contributed by atoms with Crippen molar-refractivity contribution in [3.05, 3.63) is 88.0 Å². The number of aromatic amines is 1. The Labute approximate surface area is 280 Å². The second-order valence-electron chi connectivity index (χ2n) is 10.9. The van der Waals surface area contributed by atoms with Gasteiger partial charge in [-0.15, -0.1) is 20.3 Å². The van der Waals surface area contributed by atoms with E-state index in [1.165, 1.54) is 6.92 Å². The van der Waals surface area contributed by atoms with Crippen LogP contribution in [0.4, 0.5) is 4.79 Å². The van der Waals surface area contributed by atoms with Gasteiger partial charge >= 0.3 is 12.1 Å². The zero-order valence-corrected chi connectivity index (χ0v) is 27.1. The summed E-state index contributed by atoms with van der Waals surface area (Å²) in [5.74, 6) is -0.241. The first-order valence-electron chi connectivity index (χ1n) is 15.6. The monoisotopic (exact) mass is 673 g/mol. The molecule has 49 heavy (non-hydrogen) atoms. The molecule has 0 aliphatic heterocycles. The van der Waals surface area contributed by atoms with Crippen LogP contribution in [-0.2, 0) is 25.6 Å². The van der Waals surface area contributed by atoms with E-state index >= 15 is 0 Å². The normalized spacial score (nSPS) is 12.2. The third kappa shape index (κ3) is 8.85. The van der Waals surface area contributed by atoms with Gasteiger partial charge in [-0.3, -0.25) is 4.57 Å². The molecule has 16 heteroatoms. The molecule has 0 saturated carbocycles. The number of hydrogen-bond donors (Lipinski definition) is 1. The van der Waals surface area contributed by atoms with Gasteiger partial charge in [-0.2, -0.15) is 10.2 Å². The summed E-state index contributed by atoms with van der Waals surface area (Å²) < 4.78 is 23.3. The lowest BCUT2D eigenvalue weighted by molar-refractivity contribution is -0.767. The van der Waals surface area contributed by atoms with Crippen LogP contribution in [0, 0.1) is 10.1 Å². The van der Waals surface area contributed by atoms with Crippen molar-refractivity contribution in [1.29, 1.82) is 0 Å². The quantitative estimate of drug-likeness (QED) is 0.0437. The highest BCUT2D eigenvalue weighted by atomic mass is 17.0. The van der Waals surface area contributed by atoms with Crippen LogP contribution < -0.4 is 4.74 Å². The van der Waals surface area contributed by atoms with E-state index in [0.29, 0.717) is 55.3 Å². The van der Waals surface area contributed by atoms with Gasteiger partial charge in [0.2, 0.25) is 12.1 Å². The third-order valence-electron chi connectivity index (χ3n) is 7.37. The number of carbonyl (C=O) groups excluding carboxylic acids is 2. The summed E-state index contributed by atoms with van der Waals surface area (Å²) in [7, 11) is 0. The average molecular weight is 674 g/mol. The average Bonchev–Trinajstić information content (AvgIpc) is 3.73. The lowest BCUT2D eigenvalue weighted by Crippen LogP contribution is -2.23. The fourth-order valence-corrected chi connectivity index (χ4v) is 5.19. The van der Waals surface area contributed by atoms with E-state index in [1.54, 1.807) is 29.7 Å². The predicted octanol–water partition coefficient (Wildman–Crippen LogP) is 5.75. The van der Waals surface area contributed by atoms with Crippen molar-refractivity contribution in [2.24, 2.45) is 0 Å². The fraction of sp³-hybridized carbons (Fsp3) is 0.333. The fourth-order valence-electron chi connectivity index (χ4n) is 5.19. The van der Waals surface area contributed by atoms with E-state index in [9.17, 15) is 19.7 Å². The molecule has 16 nitrogen and oxygen atoms in total. The predicted molar refractivity (Wildman–Crippen MR) is 174 cm³/mol. The number of ether oxygens (including phenoxy) is 4. The molecule has 0 amide bonds. The van der Waals surface area contributed by atoms with Crippen molar-refractivity contribution in [2.75, 3.05) is 13.2 Å². The SMILES string of the molecule is CCOc1nc2cccc(C(=O)OC(C)OC(=O)OCCCCC(C)O[N+](=O)[O-])c2n1Cc1ccc(-c2ccccc2-c2nn[nH]n2)cc1. The Bertz CT molecular complexity index is 1880. The molecule has 2 aromatic heterocycles. The molecule has 1 N–H and O–H groups in total. The van der Waals surface area contributed by atoms with Crippen LogP contribution in [0.15, 0.2) is 66.7 Å². The number of nitrogens with zero attached hydrogens (tertiary/aromatic N) is 6. The van der Waals surface area contributed by atoms with Crippen LogP contribution in [0.25, 0.3) is 33.5 Å². The summed E-state index contributed by atoms with van der Waals surface area (Å²) in [6.45, 7) is 5.54. The standard InChI is InChI=1S/C33H35N7O9/c1-4-45-32-34-28-14-9-13-27(31(41)47-22(3)48-33(42)46-19-8-7-10-21(2)49-40(43)44)29(28)39(32)20-23-15-17-24(18-16-23)25-11-5-6-12-26(25)30-35-37-38-36-30/h5-6,9,11-18,21-22H,4,7-8,10,19-20H2,1-3H3,(H,35,36,37,38). The van der Waals surface area contributed by atoms with Crippen molar-refractivity contribution in [2.45, 2.75) is 59.0 Å². The number of para-hydroxylation sites is 1. The van der Waals surface area contributed by atoms with Crippen LogP contribution >= 0.6 is 0 Å². The maximum atomic E-state index is 13.4. The molecule has 2 atom stereocenters. The molecule has 0 fully saturated rings. The zero-order chi connectivity index (χ0) is 34.8. The molecule has 0 spiro atoms. The Morgan fingerprint density at radius 2 is 1.76 bits per heavy atom. The van der Waals surface area contributed by atoms with E-state index in [-0.39, 0.29) is 12.2 Å². The number of benzene rings is 3. The number of nitrogens with one attached hydrogen (secondary N) is 1. The smallest absolute Gasteiger partial charge is 0.465 e. The Kier molecular flexibility index (Phi) is 11.3. The van der Waals surface area contributed by atoms with Gasteiger partial charge in [0.05, 0.1) is 36.4 Å². The van der Waals surface area contributed by atoms with E-state index in [1.807, 2.05) is 55.5 Å². The largest absolute Gasteiger partial charge is 0.511 e. The lowest BCUT2D eigenvalue weighted by Gasteiger charge is -2.15. The van der Waals surface area contributed by atoms with E-state index in [4.69, 9.17) is 18.9 Å². The minimum atomic E-state index is -1.26. The maximum absolute atomic E-state index is 13.4. The first-order valence-corrected chi connectivity index (χ1v) is 15.6. The van der Waals surface area contributed by atoms with Gasteiger partial charge in [0, 0.05) is 12.5 Å². The van der Waals surface area contributed by atoms with Crippen LogP contribution in [0.3, 0.4) is 0 Å². The van der Waals surface area contributed by atoms with Crippen LogP contribution in [0.2, 0.25) is 0 Å². The van der Waals surface area contributed by atoms with Gasteiger partial charge in [0.15, 0.2) is 0 Å². The summed E-state index contributed by atoms with van der Waals surface area (Å²) in [6.07, 6.45) is -1.44. The lowest BCUT2D eigenvalue weighted by atomic mass is 9.98. The van der Waals surface area contributed by atoms with Gasteiger partial charge in [-0.05, 0) is 67.1 Å². The molecule has 2 heterocycles. The molecule has 2 unspecified atom stereocenters. The Balaban J connectivity index is 1.26. The Hall–Kier alpha value is -6.06. The Morgan fingerprint density at radius 3 is 2.47 bits per heavy atom. The van der Waals surface area contributed by atoms with Crippen molar-refractivity contribution in [1.82, 2.24) is 30.2 Å². The van der Waals surface area contributed by atoms with Crippen molar-refractivity contribution in [3.8, 4) is 28.5 Å². The number of imidazole rings is 1. The van der Waals surface area contributed by atoms with E-state index < -0.39 is 29.6 Å². The molecule has 0 aliphatic rings. The van der Waals surface area contributed by atoms with Crippen molar-refractivity contribution in [3.63, 3.8) is 0 Å². The summed E-state index contributed by atoms with van der Waals surface area (Å²) >= 11 is 0. The maximum Gasteiger partial charge on any atom is 0.511 e. The molecule has 3 aromatic carbocycles. The molecule has 5 aromatic rings. The van der Waals surface area contributed by atoms with Gasteiger partial charge in [-0.1, -0.05) is 54.6 Å². The summed E-state index contributed by atoms with van der Waals surface area (Å²) in [6, 6.07) is 21.1. The highest BCUT2D eigenvalue weighted by Crippen LogP contribution is 2.31. The number of unbranched alkanes of at least 4 members (excludes halogenated alkanes) is 1. The molecule has 5 rings (SSSR count). The first kappa shape index (κ1) is 34.3. The minimum absolute atomic E-state index is 0.0235. The second kappa shape index (κ2) is 16.2. The van der Waals surface area contributed by atoms with Crippen LogP contribution in [-0.4, -0.2) is 73.0 Å². The molecule has 0 radical (unpaired) electrons. The molecular weight excluding hydrogens is 638 g/mol. The number of rotatable bonds is 16. The zero-order valence-electron chi connectivity index (χ0n) is 27.1. The third-order valence-corrected chi connectivity index (χ3v) is 7.37. The molecule has 0 aliphatic carbocycles. The van der Waals surface area contributed by atoms with Gasteiger partial charge in [-0.25, -0.2) is 9.59 Å². The van der Waals surface area contributed by atoms with E-state index in [2.05, 4.69) is 30.4 Å². The van der Waals surface area contributed by atoms with Gasteiger partial charge in [0.25, 0.3) is 11.1 Å². The summed E-state index contributed by atoms with van der Waals surface area (Å²) in [5, 5.41) is 23.9. The number of tetrazole rings is 1. The summed E-state index contributed by atoms with van der Waals surface area (Å²) in [4.78, 5) is 45.0. The molecule has 0 bridgehead atoms. The van der Waals surface area contributed by atoms with E-state index in [0.717, 1.165) is 22.3 Å². The summed E-state index contributed by atoms with van der Waals surface area (Å²) in [5.41, 5.74) is 4.88. The molecular formula is C33H35N7O9. The van der Waals surface area contributed by atoms with Crippen molar-refractivity contribution < 1.29 is 38.5 Å². The minimum Gasteiger partial charge on any atom is -0.465 e. The van der Waals surface area contributed by atoms with Gasteiger partial charge in [0.1, 0.15) is 6.10 Å². The highest BCUT2D eigenvalue weighted by Gasteiger charge is 2.23. The number of carbonyl (C=O) groups is 2. The highest BCUT2D eigenvalue weighted by molar-refractivity contribution is 6.02. The second-order valence-corrected chi connectivity index (χ2v) is 10.9. The first-order chi connectivity index (χ1) is 23.7. The van der Waals surface area contributed by atoms with Crippen LogP contribution in [0.5, 0.6) is 6.01 Å². The number of esters is 1. The molecule has 0 saturated heterocycles. The van der Waals surface area contributed by atoms with Crippen molar-refractivity contribution >= 4 is 23.2 Å². The number of hydrogen-bond acceptors (Lipinski definition) is 13. The Morgan fingerprint density at radius 1 is 0.980 bits per heavy atom. The number of aromatic nitrogens is 6. The van der Waals surface area contributed by atoms with Gasteiger partial charge < -0.3 is 23.8 Å². The molecule has 256 valence electrons.